The maximum atomic E-state index is 5.93. The Kier molecular flexibility index (Phi) is 5.53. The van der Waals surface area contributed by atoms with Gasteiger partial charge in [0.15, 0.2) is 0 Å². The van der Waals surface area contributed by atoms with Crippen LogP contribution in [-0.4, -0.2) is 11.2 Å². The van der Waals surface area contributed by atoms with Crippen LogP contribution in [-0.2, 0) is 6.42 Å². The van der Waals surface area contributed by atoms with Crippen molar-refractivity contribution in [2.24, 2.45) is 4.99 Å². The van der Waals surface area contributed by atoms with Gasteiger partial charge in [-0.15, -0.1) is 0 Å². The maximum absolute atomic E-state index is 5.93. The normalized spacial score (nSPS) is 11.3. The summed E-state index contributed by atoms with van der Waals surface area (Å²) in [5.74, 6) is 1.51. The summed E-state index contributed by atoms with van der Waals surface area (Å²) >= 11 is 10.9. The minimum atomic E-state index is 0.697. The largest absolute Gasteiger partial charge is 0.455 e. The highest BCUT2D eigenvalue weighted by Crippen LogP contribution is 2.26. The number of hydrogen-bond acceptors (Lipinski definition) is 4. The number of halogens is 2. The van der Waals surface area contributed by atoms with E-state index in [0.717, 1.165) is 32.1 Å². The molecule has 0 aliphatic carbocycles. The Labute approximate surface area is 174 Å². The summed E-state index contributed by atoms with van der Waals surface area (Å²) in [6, 6.07) is 19.7. The molecular weight excluding hydrogens is 444 g/mol. The van der Waals surface area contributed by atoms with E-state index in [4.69, 9.17) is 16.0 Å². The minimum absolute atomic E-state index is 0.697. The van der Waals surface area contributed by atoms with E-state index in [1.165, 1.54) is 5.56 Å². The molecule has 0 saturated carbocycles. The number of rotatable bonds is 5. The molecule has 0 bridgehead atoms. The molecule has 0 fully saturated rings. The number of benzene rings is 2. The predicted octanol–water partition coefficient (Wildman–Crippen LogP) is 7.16. The van der Waals surface area contributed by atoms with Crippen LogP contribution in [0.4, 0.5) is 5.13 Å². The van der Waals surface area contributed by atoms with Crippen molar-refractivity contribution in [1.82, 2.24) is 4.98 Å². The number of aliphatic imine (C=N–C) groups is 1. The van der Waals surface area contributed by atoms with Crippen LogP contribution >= 0.6 is 38.9 Å². The number of hydrogen-bond donors (Lipinski definition) is 0. The van der Waals surface area contributed by atoms with Crippen LogP contribution < -0.4 is 0 Å². The summed E-state index contributed by atoms with van der Waals surface area (Å²) in [5, 5.41) is 1.45. The van der Waals surface area contributed by atoms with Crippen molar-refractivity contribution in [3.05, 3.63) is 92.6 Å². The molecule has 0 atom stereocenters. The average Bonchev–Trinajstić information content (AvgIpc) is 3.32. The zero-order valence-corrected chi connectivity index (χ0v) is 17.3. The van der Waals surface area contributed by atoms with Crippen molar-refractivity contribution in [3.8, 4) is 11.3 Å². The SMILES string of the molecule is Clc1ccc(Cc2cnc(N=Cc3ccc(-c4ccc(Br)cc4)o3)s2)cc1. The molecule has 4 aromatic rings. The molecule has 0 radical (unpaired) electrons. The average molecular weight is 458 g/mol. The Morgan fingerprint density at radius 1 is 1.04 bits per heavy atom. The van der Waals surface area contributed by atoms with Gasteiger partial charge in [0.25, 0.3) is 0 Å². The van der Waals surface area contributed by atoms with Gasteiger partial charge in [-0.05, 0) is 42.0 Å². The van der Waals surface area contributed by atoms with Crippen molar-refractivity contribution in [2.75, 3.05) is 0 Å². The van der Waals surface area contributed by atoms with Gasteiger partial charge in [0.05, 0.1) is 6.21 Å². The smallest absolute Gasteiger partial charge is 0.209 e. The monoisotopic (exact) mass is 456 g/mol. The first-order chi connectivity index (χ1) is 13.2. The molecule has 2 heterocycles. The van der Waals surface area contributed by atoms with Gasteiger partial charge in [-0.3, -0.25) is 0 Å². The highest BCUT2D eigenvalue weighted by atomic mass is 79.9. The van der Waals surface area contributed by atoms with Gasteiger partial charge < -0.3 is 4.42 Å². The fourth-order valence-electron chi connectivity index (χ4n) is 2.55. The zero-order valence-electron chi connectivity index (χ0n) is 14.1. The van der Waals surface area contributed by atoms with Gasteiger partial charge in [-0.2, -0.15) is 0 Å². The van der Waals surface area contributed by atoms with Crippen LogP contribution in [0.2, 0.25) is 5.02 Å². The number of nitrogens with zero attached hydrogens (tertiary/aromatic N) is 2. The van der Waals surface area contributed by atoms with E-state index in [9.17, 15) is 0 Å². The Morgan fingerprint density at radius 3 is 2.59 bits per heavy atom. The van der Waals surface area contributed by atoms with Gasteiger partial charge in [-0.25, -0.2) is 9.98 Å². The third-order valence-corrected chi connectivity index (χ3v) is 5.58. The first-order valence-corrected chi connectivity index (χ1v) is 10.2. The lowest BCUT2D eigenvalue weighted by Crippen LogP contribution is -1.82. The summed E-state index contributed by atoms with van der Waals surface area (Å²) in [5.41, 5.74) is 2.22. The lowest BCUT2D eigenvalue weighted by atomic mass is 10.1. The minimum Gasteiger partial charge on any atom is -0.455 e. The molecule has 0 aliphatic rings. The van der Waals surface area contributed by atoms with Gasteiger partial charge in [0.1, 0.15) is 11.5 Å². The van der Waals surface area contributed by atoms with E-state index < -0.39 is 0 Å². The summed E-state index contributed by atoms with van der Waals surface area (Å²) in [4.78, 5) is 9.95. The molecule has 3 nitrogen and oxygen atoms in total. The molecule has 0 aliphatic heterocycles. The predicted molar refractivity (Wildman–Crippen MR) is 115 cm³/mol. The first-order valence-electron chi connectivity index (χ1n) is 8.25. The van der Waals surface area contributed by atoms with Gasteiger partial charge in [0.2, 0.25) is 5.13 Å². The van der Waals surface area contributed by atoms with Crippen LogP contribution in [0.1, 0.15) is 16.2 Å². The molecule has 4 rings (SSSR count). The Bertz CT molecular complexity index is 1070. The zero-order chi connectivity index (χ0) is 18.6. The molecule has 0 N–H and O–H groups in total. The lowest BCUT2D eigenvalue weighted by Gasteiger charge is -1.97. The lowest BCUT2D eigenvalue weighted by molar-refractivity contribution is 0.575. The molecule has 134 valence electrons. The van der Waals surface area contributed by atoms with Crippen LogP contribution in [0.25, 0.3) is 11.3 Å². The Morgan fingerprint density at radius 2 is 1.81 bits per heavy atom. The van der Waals surface area contributed by atoms with Crippen molar-refractivity contribution in [2.45, 2.75) is 6.42 Å². The second kappa shape index (κ2) is 8.21. The Balaban J connectivity index is 1.43. The molecule has 6 heteroatoms. The first kappa shape index (κ1) is 18.2. The van der Waals surface area contributed by atoms with Gasteiger partial charge in [0, 0.05) is 32.6 Å². The van der Waals surface area contributed by atoms with Crippen molar-refractivity contribution >= 4 is 50.2 Å². The van der Waals surface area contributed by atoms with Crippen LogP contribution in [0.15, 0.2) is 80.7 Å². The standard InChI is InChI=1S/C21H14BrClN2OS/c22-16-5-3-15(4-6-16)20-10-9-18(26-20)12-24-21-25-13-19(27-21)11-14-1-7-17(23)8-2-14/h1-10,12-13H,11H2. The highest BCUT2D eigenvalue weighted by Gasteiger charge is 2.05. The molecule has 2 aromatic carbocycles. The second-order valence-corrected chi connectivity index (χ2v) is 8.33. The highest BCUT2D eigenvalue weighted by molar-refractivity contribution is 9.10. The summed E-state index contributed by atoms with van der Waals surface area (Å²) in [6.07, 6.45) is 4.38. The molecule has 0 amide bonds. The second-order valence-electron chi connectivity index (χ2n) is 5.88. The topological polar surface area (TPSA) is 38.4 Å². The van der Waals surface area contributed by atoms with Gasteiger partial charge in [-0.1, -0.05) is 63.1 Å². The van der Waals surface area contributed by atoms with Crippen molar-refractivity contribution in [1.29, 1.82) is 0 Å². The van der Waals surface area contributed by atoms with Crippen LogP contribution in [0.5, 0.6) is 0 Å². The van der Waals surface area contributed by atoms with Gasteiger partial charge >= 0.3 is 0 Å². The quantitative estimate of drug-likeness (QED) is 0.298. The Hall–Kier alpha value is -2.21. The van der Waals surface area contributed by atoms with Crippen LogP contribution in [0.3, 0.4) is 0 Å². The van der Waals surface area contributed by atoms with Crippen LogP contribution in [0, 0.1) is 0 Å². The third-order valence-electron chi connectivity index (χ3n) is 3.89. The number of furan rings is 1. The molecule has 2 aromatic heterocycles. The maximum Gasteiger partial charge on any atom is 0.209 e. The van der Waals surface area contributed by atoms with E-state index in [0.29, 0.717) is 10.9 Å². The van der Waals surface area contributed by atoms with E-state index in [-0.39, 0.29) is 0 Å². The van der Waals surface area contributed by atoms with E-state index in [2.05, 4.69) is 25.9 Å². The summed E-state index contributed by atoms with van der Waals surface area (Å²) in [6.45, 7) is 0. The fraction of sp³-hybridized carbons (Fsp3) is 0.0476. The summed E-state index contributed by atoms with van der Waals surface area (Å²) in [7, 11) is 0. The van der Waals surface area contributed by atoms with Crippen molar-refractivity contribution < 1.29 is 4.42 Å². The third kappa shape index (κ3) is 4.75. The fourth-order valence-corrected chi connectivity index (χ4v) is 3.73. The molecule has 0 saturated heterocycles. The molecule has 0 spiro atoms. The van der Waals surface area contributed by atoms with E-state index in [1.807, 2.05) is 66.9 Å². The van der Waals surface area contributed by atoms with E-state index in [1.54, 1.807) is 17.6 Å². The number of thiazole rings is 1. The molecule has 27 heavy (non-hydrogen) atoms. The number of aromatic nitrogens is 1. The van der Waals surface area contributed by atoms with E-state index >= 15 is 0 Å². The van der Waals surface area contributed by atoms with Crippen molar-refractivity contribution in [3.63, 3.8) is 0 Å². The molecule has 0 unspecified atom stereocenters. The summed E-state index contributed by atoms with van der Waals surface area (Å²) < 4.78 is 6.88. The molecular formula is C21H14BrClN2OS.